The fourth-order valence-corrected chi connectivity index (χ4v) is 3.48. The lowest BCUT2D eigenvalue weighted by molar-refractivity contribution is 0.0538. The second-order valence-electron chi connectivity index (χ2n) is 6.12. The van der Waals surface area contributed by atoms with Gasteiger partial charge < -0.3 is 20.1 Å². The summed E-state index contributed by atoms with van der Waals surface area (Å²) in [5.74, 6) is -0.307. The first kappa shape index (κ1) is 14.8. The molecule has 1 aromatic heterocycles. The molecule has 3 N–H and O–H groups in total. The van der Waals surface area contributed by atoms with Gasteiger partial charge in [0.05, 0.1) is 24.8 Å². The van der Waals surface area contributed by atoms with Gasteiger partial charge in [-0.1, -0.05) is 30.3 Å². The Balaban J connectivity index is 1.74. The molecule has 1 amide bonds. The van der Waals surface area contributed by atoms with Crippen LogP contribution in [-0.2, 0) is 13.0 Å². The maximum Gasteiger partial charge on any atom is 0.258 e. The van der Waals surface area contributed by atoms with E-state index in [1.165, 1.54) is 6.07 Å². The number of hydrogen-bond acceptors (Lipinski definition) is 3. The molecule has 5 heteroatoms. The molecule has 4 rings (SSSR count). The number of benzene rings is 2. The molecule has 0 fully saturated rings. The van der Waals surface area contributed by atoms with Gasteiger partial charge >= 0.3 is 0 Å². The largest absolute Gasteiger partial charge is 0.507 e. The zero-order chi connectivity index (χ0) is 16.7. The standard InChI is InChI=1S/C19H18N2O3/c22-11-12-9-15-13-5-1-3-7-16(13)20-17(15)10-21(12)19(24)14-6-2-4-8-18(14)23/h1-8,12,20,22-23H,9-11H2. The molecule has 24 heavy (non-hydrogen) atoms. The van der Waals surface area contributed by atoms with Crippen LogP contribution in [0.1, 0.15) is 21.6 Å². The third kappa shape index (κ3) is 2.25. The van der Waals surface area contributed by atoms with Crippen LogP contribution in [0.3, 0.4) is 0 Å². The number of nitrogens with one attached hydrogen (secondary N) is 1. The molecular formula is C19H18N2O3. The lowest BCUT2D eigenvalue weighted by atomic mass is 9.96. The number of aromatic amines is 1. The number of carbonyl (C=O) groups excluding carboxylic acids is 1. The number of amides is 1. The fourth-order valence-electron chi connectivity index (χ4n) is 3.48. The topological polar surface area (TPSA) is 76.6 Å². The molecule has 0 bridgehead atoms. The first-order valence-corrected chi connectivity index (χ1v) is 7.97. The number of hydrogen-bond donors (Lipinski definition) is 3. The molecule has 1 atom stereocenters. The highest BCUT2D eigenvalue weighted by Gasteiger charge is 2.32. The van der Waals surface area contributed by atoms with Crippen molar-refractivity contribution >= 4 is 16.8 Å². The Hall–Kier alpha value is -2.79. The van der Waals surface area contributed by atoms with Crippen molar-refractivity contribution in [3.05, 3.63) is 65.4 Å². The summed E-state index contributed by atoms with van der Waals surface area (Å²) >= 11 is 0. The van der Waals surface area contributed by atoms with E-state index >= 15 is 0 Å². The summed E-state index contributed by atoms with van der Waals surface area (Å²) in [6.07, 6.45) is 0.592. The number of para-hydroxylation sites is 2. The van der Waals surface area contributed by atoms with Crippen LogP contribution in [0.25, 0.3) is 10.9 Å². The molecule has 3 aromatic rings. The summed E-state index contributed by atoms with van der Waals surface area (Å²) in [6, 6.07) is 14.2. The highest BCUT2D eigenvalue weighted by molar-refractivity contribution is 5.97. The van der Waals surface area contributed by atoms with E-state index in [0.717, 1.165) is 22.2 Å². The zero-order valence-electron chi connectivity index (χ0n) is 13.1. The Morgan fingerprint density at radius 3 is 2.71 bits per heavy atom. The molecule has 1 aliphatic heterocycles. The van der Waals surface area contributed by atoms with Crippen LogP contribution in [0.15, 0.2) is 48.5 Å². The van der Waals surface area contributed by atoms with Gasteiger partial charge in [0.1, 0.15) is 5.75 Å². The lowest BCUT2D eigenvalue weighted by Gasteiger charge is -2.35. The SMILES string of the molecule is O=C(c1ccccc1O)N1Cc2[nH]c3ccccc3c2CC1CO. The Labute approximate surface area is 139 Å². The Morgan fingerprint density at radius 2 is 1.92 bits per heavy atom. The number of aliphatic hydroxyl groups excluding tert-OH is 1. The molecule has 1 aliphatic rings. The average Bonchev–Trinajstić information content (AvgIpc) is 2.98. The minimum absolute atomic E-state index is 0.0402. The number of nitrogens with zero attached hydrogens (tertiary/aromatic N) is 1. The van der Waals surface area contributed by atoms with E-state index in [4.69, 9.17) is 0 Å². The number of H-pyrrole nitrogens is 1. The second-order valence-corrected chi connectivity index (χ2v) is 6.12. The van der Waals surface area contributed by atoms with Crippen LogP contribution < -0.4 is 0 Å². The first-order chi connectivity index (χ1) is 11.7. The second kappa shape index (κ2) is 5.69. The van der Waals surface area contributed by atoms with Gasteiger partial charge in [-0.05, 0) is 30.2 Å². The monoisotopic (exact) mass is 322 g/mol. The molecule has 1 unspecified atom stereocenters. The van der Waals surface area contributed by atoms with Crippen molar-refractivity contribution in [2.75, 3.05) is 6.61 Å². The smallest absolute Gasteiger partial charge is 0.258 e. The van der Waals surface area contributed by atoms with Crippen molar-refractivity contribution in [3.8, 4) is 5.75 Å². The van der Waals surface area contributed by atoms with Crippen molar-refractivity contribution < 1.29 is 15.0 Å². The predicted octanol–water partition coefficient (Wildman–Crippen LogP) is 2.43. The Morgan fingerprint density at radius 1 is 1.17 bits per heavy atom. The normalized spacial score (nSPS) is 17.0. The molecule has 122 valence electrons. The van der Waals surface area contributed by atoms with E-state index in [2.05, 4.69) is 11.1 Å². The van der Waals surface area contributed by atoms with Gasteiger partial charge in [-0.3, -0.25) is 4.79 Å². The summed E-state index contributed by atoms with van der Waals surface area (Å²) in [4.78, 5) is 17.9. The molecule has 0 saturated heterocycles. The van der Waals surface area contributed by atoms with E-state index in [1.54, 1.807) is 23.1 Å². The van der Waals surface area contributed by atoms with Gasteiger partial charge in [0, 0.05) is 16.6 Å². The molecule has 0 saturated carbocycles. The maximum absolute atomic E-state index is 12.9. The van der Waals surface area contributed by atoms with E-state index in [9.17, 15) is 15.0 Å². The van der Waals surface area contributed by atoms with Gasteiger partial charge in [-0.2, -0.15) is 0 Å². The Kier molecular flexibility index (Phi) is 3.50. The minimum Gasteiger partial charge on any atom is -0.507 e. The number of aliphatic hydroxyl groups is 1. The van der Waals surface area contributed by atoms with Crippen LogP contribution in [0.5, 0.6) is 5.75 Å². The van der Waals surface area contributed by atoms with Crippen molar-refractivity contribution in [3.63, 3.8) is 0 Å². The van der Waals surface area contributed by atoms with Crippen molar-refractivity contribution in [2.45, 2.75) is 19.0 Å². The Bertz CT molecular complexity index is 916. The predicted molar refractivity (Wildman–Crippen MR) is 90.9 cm³/mol. The number of phenolic OH excluding ortho intramolecular Hbond substituents is 1. The first-order valence-electron chi connectivity index (χ1n) is 7.97. The summed E-state index contributed by atoms with van der Waals surface area (Å²) in [7, 11) is 0. The fraction of sp³-hybridized carbons (Fsp3) is 0.211. The number of phenols is 1. The highest BCUT2D eigenvalue weighted by Crippen LogP contribution is 2.31. The lowest BCUT2D eigenvalue weighted by Crippen LogP contribution is -2.46. The number of carbonyl (C=O) groups is 1. The third-order valence-electron chi connectivity index (χ3n) is 4.72. The van der Waals surface area contributed by atoms with E-state index in [-0.39, 0.29) is 29.9 Å². The molecule has 2 aromatic carbocycles. The minimum atomic E-state index is -0.302. The van der Waals surface area contributed by atoms with Crippen molar-refractivity contribution in [1.29, 1.82) is 0 Å². The van der Waals surface area contributed by atoms with Gasteiger partial charge in [0.25, 0.3) is 5.91 Å². The van der Waals surface area contributed by atoms with Crippen LogP contribution in [0, 0.1) is 0 Å². The molecule has 5 nitrogen and oxygen atoms in total. The summed E-state index contributed by atoms with van der Waals surface area (Å²) < 4.78 is 0. The van der Waals surface area contributed by atoms with Crippen molar-refractivity contribution in [2.24, 2.45) is 0 Å². The third-order valence-corrected chi connectivity index (χ3v) is 4.72. The van der Waals surface area contributed by atoms with E-state index in [0.29, 0.717) is 13.0 Å². The van der Waals surface area contributed by atoms with Crippen LogP contribution in [0.4, 0.5) is 0 Å². The molecule has 0 radical (unpaired) electrons. The van der Waals surface area contributed by atoms with E-state index in [1.807, 2.05) is 18.2 Å². The summed E-state index contributed by atoms with van der Waals surface area (Å²) in [5.41, 5.74) is 3.45. The van der Waals surface area contributed by atoms with Crippen LogP contribution in [0.2, 0.25) is 0 Å². The summed E-state index contributed by atoms with van der Waals surface area (Å²) in [5, 5.41) is 20.9. The highest BCUT2D eigenvalue weighted by atomic mass is 16.3. The van der Waals surface area contributed by atoms with E-state index < -0.39 is 0 Å². The number of rotatable bonds is 2. The van der Waals surface area contributed by atoms with Gasteiger partial charge in [-0.15, -0.1) is 0 Å². The quantitative estimate of drug-likeness (QED) is 0.678. The van der Waals surface area contributed by atoms with Gasteiger partial charge in [0.15, 0.2) is 0 Å². The van der Waals surface area contributed by atoms with Crippen molar-refractivity contribution in [1.82, 2.24) is 9.88 Å². The molecule has 0 aliphatic carbocycles. The van der Waals surface area contributed by atoms with Gasteiger partial charge in [-0.25, -0.2) is 0 Å². The molecule has 0 spiro atoms. The number of aromatic nitrogens is 1. The molecular weight excluding hydrogens is 304 g/mol. The van der Waals surface area contributed by atoms with Gasteiger partial charge in [0.2, 0.25) is 0 Å². The maximum atomic E-state index is 12.9. The molecule has 2 heterocycles. The number of fused-ring (bicyclic) bond motifs is 3. The summed E-state index contributed by atoms with van der Waals surface area (Å²) in [6.45, 7) is 0.278. The van der Waals surface area contributed by atoms with Crippen LogP contribution >= 0.6 is 0 Å². The average molecular weight is 322 g/mol. The number of aromatic hydroxyl groups is 1. The van der Waals surface area contributed by atoms with Crippen LogP contribution in [-0.4, -0.2) is 38.7 Å². The zero-order valence-corrected chi connectivity index (χ0v) is 13.1.